The van der Waals surface area contributed by atoms with Crippen LogP contribution in [-0.2, 0) is 6.42 Å². The van der Waals surface area contributed by atoms with Gasteiger partial charge in [-0.1, -0.05) is 43.3 Å². The van der Waals surface area contributed by atoms with Crippen LogP contribution in [0.2, 0.25) is 0 Å². The van der Waals surface area contributed by atoms with Gasteiger partial charge in [-0.3, -0.25) is 0 Å². The molecule has 1 N–H and O–H groups in total. The Kier molecular flexibility index (Phi) is 5.40. The normalized spacial score (nSPS) is 12.2. The molecule has 0 aliphatic carbocycles. The van der Waals surface area contributed by atoms with Gasteiger partial charge in [-0.25, -0.2) is 0 Å². The highest BCUT2D eigenvalue weighted by Crippen LogP contribution is 2.28. The van der Waals surface area contributed by atoms with Gasteiger partial charge in [-0.15, -0.1) is 0 Å². The van der Waals surface area contributed by atoms with E-state index in [0.717, 1.165) is 18.7 Å². The number of nitrogens with one attached hydrogen (secondary N) is 1. The van der Waals surface area contributed by atoms with Gasteiger partial charge in [0, 0.05) is 6.04 Å². The number of hydrogen-bond acceptors (Lipinski definition) is 2. The molecular formula is C19H25NO. The van der Waals surface area contributed by atoms with Gasteiger partial charge < -0.3 is 10.1 Å². The van der Waals surface area contributed by atoms with Crippen LogP contribution in [0.15, 0.2) is 42.5 Å². The van der Waals surface area contributed by atoms with Crippen LogP contribution in [0.5, 0.6) is 5.75 Å². The molecule has 0 bridgehead atoms. The second-order valence-corrected chi connectivity index (χ2v) is 5.43. The lowest BCUT2D eigenvalue weighted by molar-refractivity contribution is 0.405. The van der Waals surface area contributed by atoms with E-state index in [1.54, 1.807) is 7.11 Å². The molecular weight excluding hydrogens is 258 g/mol. The van der Waals surface area contributed by atoms with Crippen LogP contribution in [0.1, 0.15) is 35.2 Å². The summed E-state index contributed by atoms with van der Waals surface area (Å²) in [7, 11) is 1.74. The fourth-order valence-corrected chi connectivity index (χ4v) is 2.99. The molecule has 0 heterocycles. The zero-order chi connectivity index (χ0) is 15.2. The van der Waals surface area contributed by atoms with E-state index in [9.17, 15) is 0 Å². The minimum Gasteiger partial charge on any atom is -0.496 e. The zero-order valence-corrected chi connectivity index (χ0v) is 13.4. The number of methoxy groups -OCH3 is 1. The molecule has 0 radical (unpaired) electrons. The number of hydrogen-bond donors (Lipinski definition) is 1. The van der Waals surface area contributed by atoms with Gasteiger partial charge in [0.15, 0.2) is 0 Å². The van der Waals surface area contributed by atoms with Crippen molar-refractivity contribution in [2.75, 3.05) is 13.7 Å². The van der Waals surface area contributed by atoms with Gasteiger partial charge in [0.25, 0.3) is 0 Å². The lowest BCUT2D eigenvalue weighted by Crippen LogP contribution is -2.24. The summed E-state index contributed by atoms with van der Waals surface area (Å²) < 4.78 is 5.49. The molecule has 2 rings (SSSR count). The van der Waals surface area contributed by atoms with E-state index in [0.29, 0.717) is 6.04 Å². The molecule has 0 spiro atoms. The molecule has 112 valence electrons. The number of likely N-dealkylation sites (N-methyl/N-ethyl adjacent to an activating group) is 1. The van der Waals surface area contributed by atoms with Crippen LogP contribution in [0, 0.1) is 13.8 Å². The number of para-hydroxylation sites is 1. The maximum Gasteiger partial charge on any atom is 0.122 e. The Morgan fingerprint density at radius 3 is 2.29 bits per heavy atom. The van der Waals surface area contributed by atoms with Crippen molar-refractivity contribution >= 4 is 0 Å². The Morgan fingerprint density at radius 1 is 1.00 bits per heavy atom. The quantitative estimate of drug-likeness (QED) is 0.857. The van der Waals surface area contributed by atoms with E-state index in [-0.39, 0.29) is 0 Å². The average molecular weight is 283 g/mol. The molecule has 0 aromatic heterocycles. The molecule has 2 aromatic rings. The SMILES string of the molecule is CCNC(Cc1ccccc1OC)c1c(C)cccc1C. The summed E-state index contributed by atoms with van der Waals surface area (Å²) in [5, 5.41) is 3.62. The summed E-state index contributed by atoms with van der Waals surface area (Å²) in [6, 6.07) is 15.1. The van der Waals surface area contributed by atoms with Gasteiger partial charge in [0.2, 0.25) is 0 Å². The molecule has 0 aliphatic rings. The van der Waals surface area contributed by atoms with Crippen LogP contribution in [0.3, 0.4) is 0 Å². The van der Waals surface area contributed by atoms with Crippen molar-refractivity contribution in [2.45, 2.75) is 33.2 Å². The first-order valence-corrected chi connectivity index (χ1v) is 7.58. The maximum absolute atomic E-state index is 5.49. The first-order chi connectivity index (χ1) is 10.2. The monoisotopic (exact) mass is 283 g/mol. The molecule has 2 aromatic carbocycles. The number of ether oxygens (including phenoxy) is 1. The number of aryl methyl sites for hydroxylation is 2. The van der Waals surface area contributed by atoms with Crippen molar-refractivity contribution in [3.05, 3.63) is 64.7 Å². The first kappa shape index (κ1) is 15.6. The highest BCUT2D eigenvalue weighted by molar-refractivity contribution is 5.40. The molecule has 1 atom stereocenters. The van der Waals surface area contributed by atoms with Crippen LogP contribution in [0.25, 0.3) is 0 Å². The van der Waals surface area contributed by atoms with Crippen molar-refractivity contribution in [1.29, 1.82) is 0 Å². The first-order valence-electron chi connectivity index (χ1n) is 7.58. The molecule has 21 heavy (non-hydrogen) atoms. The average Bonchev–Trinajstić information content (AvgIpc) is 2.48. The van der Waals surface area contributed by atoms with Crippen LogP contribution in [0.4, 0.5) is 0 Å². The highest BCUT2D eigenvalue weighted by Gasteiger charge is 2.17. The summed E-state index contributed by atoms with van der Waals surface area (Å²) in [5.41, 5.74) is 5.34. The fraction of sp³-hybridized carbons (Fsp3) is 0.368. The molecule has 2 nitrogen and oxygen atoms in total. The molecule has 1 unspecified atom stereocenters. The number of rotatable bonds is 6. The van der Waals surface area contributed by atoms with E-state index in [1.165, 1.54) is 22.3 Å². The largest absolute Gasteiger partial charge is 0.496 e. The third-order valence-electron chi connectivity index (χ3n) is 3.96. The van der Waals surface area contributed by atoms with Crippen molar-refractivity contribution in [2.24, 2.45) is 0 Å². The Balaban J connectivity index is 2.36. The van der Waals surface area contributed by atoms with E-state index < -0.39 is 0 Å². The van der Waals surface area contributed by atoms with Crippen LogP contribution < -0.4 is 10.1 Å². The second-order valence-electron chi connectivity index (χ2n) is 5.43. The third-order valence-corrected chi connectivity index (χ3v) is 3.96. The van der Waals surface area contributed by atoms with E-state index >= 15 is 0 Å². The van der Waals surface area contributed by atoms with Crippen LogP contribution in [-0.4, -0.2) is 13.7 Å². The maximum atomic E-state index is 5.49. The minimum absolute atomic E-state index is 0.312. The lowest BCUT2D eigenvalue weighted by Gasteiger charge is -2.23. The van der Waals surface area contributed by atoms with Crippen molar-refractivity contribution in [3.8, 4) is 5.75 Å². The van der Waals surface area contributed by atoms with Crippen molar-refractivity contribution in [3.63, 3.8) is 0 Å². The summed E-state index contributed by atoms with van der Waals surface area (Å²) in [6.45, 7) is 7.49. The molecule has 2 heteroatoms. The summed E-state index contributed by atoms with van der Waals surface area (Å²) in [5.74, 6) is 0.964. The Bertz CT molecular complexity index is 572. The lowest BCUT2D eigenvalue weighted by atomic mass is 9.91. The summed E-state index contributed by atoms with van der Waals surface area (Å²) in [6.07, 6.45) is 0.934. The summed E-state index contributed by atoms with van der Waals surface area (Å²) >= 11 is 0. The highest BCUT2D eigenvalue weighted by atomic mass is 16.5. The van der Waals surface area contributed by atoms with Gasteiger partial charge in [0.05, 0.1) is 7.11 Å². The standard InChI is InChI=1S/C19H25NO/c1-5-20-17(19-14(2)9-8-10-15(19)3)13-16-11-6-7-12-18(16)21-4/h6-12,17,20H,5,13H2,1-4H3. The molecule has 0 aliphatic heterocycles. The number of benzene rings is 2. The molecule has 0 saturated carbocycles. The van der Waals surface area contributed by atoms with Crippen molar-refractivity contribution < 1.29 is 4.74 Å². The van der Waals surface area contributed by atoms with Gasteiger partial charge in [-0.2, -0.15) is 0 Å². The molecule has 0 amide bonds. The zero-order valence-electron chi connectivity index (χ0n) is 13.4. The van der Waals surface area contributed by atoms with E-state index in [1.807, 2.05) is 12.1 Å². The van der Waals surface area contributed by atoms with E-state index in [2.05, 4.69) is 56.4 Å². The summed E-state index contributed by atoms with van der Waals surface area (Å²) in [4.78, 5) is 0. The van der Waals surface area contributed by atoms with Crippen LogP contribution >= 0.6 is 0 Å². The Morgan fingerprint density at radius 2 is 1.67 bits per heavy atom. The van der Waals surface area contributed by atoms with Gasteiger partial charge in [-0.05, 0) is 55.1 Å². The Labute approximate surface area is 128 Å². The fourth-order valence-electron chi connectivity index (χ4n) is 2.99. The topological polar surface area (TPSA) is 21.3 Å². The van der Waals surface area contributed by atoms with Crippen molar-refractivity contribution in [1.82, 2.24) is 5.32 Å². The van der Waals surface area contributed by atoms with Gasteiger partial charge >= 0.3 is 0 Å². The predicted molar refractivity (Wildman–Crippen MR) is 89.0 cm³/mol. The van der Waals surface area contributed by atoms with E-state index in [4.69, 9.17) is 4.74 Å². The molecule has 0 saturated heterocycles. The molecule has 0 fully saturated rings. The Hall–Kier alpha value is -1.80. The second kappa shape index (κ2) is 7.28. The third kappa shape index (κ3) is 3.64. The smallest absolute Gasteiger partial charge is 0.122 e. The minimum atomic E-state index is 0.312. The predicted octanol–water partition coefficient (Wildman–Crippen LogP) is 4.21. The van der Waals surface area contributed by atoms with Gasteiger partial charge in [0.1, 0.15) is 5.75 Å².